The van der Waals surface area contributed by atoms with Gasteiger partial charge in [0.1, 0.15) is 34.9 Å². The topological polar surface area (TPSA) is 383 Å². The number of anilines is 5. The van der Waals surface area contributed by atoms with Crippen LogP contribution in [0.5, 0.6) is 0 Å². The number of halogens is 1. The van der Waals surface area contributed by atoms with E-state index >= 15 is 0 Å². The van der Waals surface area contributed by atoms with Crippen LogP contribution >= 0.6 is 135 Å². The van der Waals surface area contributed by atoms with Gasteiger partial charge in [0.05, 0.1) is 97.4 Å². The Bertz CT molecular complexity index is 5280. The van der Waals surface area contributed by atoms with Crippen LogP contribution < -0.4 is 55.3 Å². The average Bonchev–Trinajstić information content (AvgIpc) is 1.68. The number of hydrogen-bond donors (Lipinski definition) is 10. The zero-order valence-corrected chi connectivity index (χ0v) is 81.2. The fourth-order valence-electron chi connectivity index (χ4n) is 17.0. The normalized spacial score (nSPS) is 21.4. The van der Waals surface area contributed by atoms with E-state index in [0.717, 1.165) is 237 Å². The van der Waals surface area contributed by atoms with E-state index in [-0.39, 0.29) is 153 Å². The minimum atomic E-state index is -0.505. The Morgan fingerprint density at radius 1 is 0.381 bits per heavy atom. The number of nitrogens with zero attached hydrogens (tertiary/aromatic N) is 16. The highest BCUT2D eigenvalue weighted by atomic mass is 32.1. The molecule has 10 atom stereocenters. The van der Waals surface area contributed by atoms with E-state index in [4.69, 9.17) is 58.1 Å². The number of aromatic nitrogens is 15. The van der Waals surface area contributed by atoms with Gasteiger partial charge >= 0.3 is 0 Å². The number of benzene rings is 2. The quantitative estimate of drug-likeness (QED) is 0.0429. The Morgan fingerprint density at radius 3 is 1.05 bits per heavy atom. The van der Waals surface area contributed by atoms with Crippen LogP contribution in [0.4, 0.5) is 33.5 Å². The molecular weight excluding hydrogens is 1780 g/mol. The summed E-state index contributed by atoms with van der Waals surface area (Å²) in [5.41, 5.74) is 45.0. The van der Waals surface area contributed by atoms with Crippen molar-refractivity contribution in [3.8, 4) is 28.6 Å². The minimum absolute atomic E-state index is 0. The average molecular weight is 1910 g/mol. The highest BCUT2D eigenvalue weighted by Gasteiger charge is 2.29. The van der Waals surface area contributed by atoms with Gasteiger partial charge in [-0.1, -0.05) is 54.6 Å². The first-order valence-electron chi connectivity index (χ1n) is 41.4. The van der Waals surface area contributed by atoms with Crippen molar-refractivity contribution in [2.24, 2.45) is 28.7 Å². The van der Waals surface area contributed by atoms with Crippen molar-refractivity contribution >= 4 is 209 Å². The van der Waals surface area contributed by atoms with Crippen molar-refractivity contribution in [2.45, 2.75) is 215 Å². The molecule has 0 radical (unpaired) electrons. The maximum atomic E-state index is 13.5. The SMILES string of the molecule is CC(C)(C#N)c1ccc(-c2cc(N[C@H]3CC[C@H](N)C3)n3nccc3n2)cc1.N[C@H]1CC[C@H](Nc2cc(-c3cccc(F)c3)nc3ccnn23)C1.N[C@H]1CC[C@H](Nc2cc(C3=CCCCC3)nc3ccnn23)C1.N[C@H]1CC[C@H](Nc2cc(C3=CCCOC3)nc3ccnn23)C1.N[C@H]1CC[C@H](Nc2cc(C3=CCOCC3)nc3ccnn23)C1.S.S.S.S.S.S.S.S.S.S. The molecule has 39 heteroatoms. The van der Waals surface area contributed by atoms with Crippen LogP contribution in [0.25, 0.3) is 67.5 Å². The first kappa shape index (κ1) is 107. The molecule has 12 aromatic rings. The molecule has 28 nitrogen and oxygen atoms in total. The van der Waals surface area contributed by atoms with Crippen LogP contribution in [0.2, 0.25) is 0 Å². The lowest BCUT2D eigenvalue weighted by atomic mass is 9.86. The summed E-state index contributed by atoms with van der Waals surface area (Å²) in [5, 5.41) is 49.1. The molecule has 126 heavy (non-hydrogen) atoms. The Labute approximate surface area is 806 Å². The van der Waals surface area contributed by atoms with Gasteiger partial charge in [0.25, 0.3) is 0 Å². The minimum Gasteiger partial charge on any atom is -0.377 e. The molecule has 5 saturated carbocycles. The molecule has 10 aromatic heterocycles. The highest BCUT2D eigenvalue weighted by Crippen LogP contribution is 2.35. The number of hydrogen-bond acceptors (Lipinski definition) is 23. The number of nitriles is 1. The fourth-order valence-corrected chi connectivity index (χ4v) is 17.0. The zero-order chi connectivity index (χ0) is 79.7. The van der Waals surface area contributed by atoms with Crippen molar-refractivity contribution in [3.63, 3.8) is 0 Å². The van der Waals surface area contributed by atoms with Crippen LogP contribution in [0.1, 0.15) is 171 Å². The van der Waals surface area contributed by atoms with E-state index < -0.39 is 5.41 Å². The Morgan fingerprint density at radius 2 is 0.730 bits per heavy atom. The molecule has 12 heterocycles. The van der Waals surface area contributed by atoms with E-state index in [0.29, 0.717) is 61.5 Å². The van der Waals surface area contributed by atoms with Crippen LogP contribution in [0, 0.1) is 17.1 Å². The largest absolute Gasteiger partial charge is 0.377 e. The summed E-state index contributed by atoms with van der Waals surface area (Å²) in [4.78, 5) is 23.5. The predicted molar refractivity (Wildman–Crippen MR) is 558 cm³/mol. The highest BCUT2D eigenvalue weighted by molar-refractivity contribution is 7.60. The lowest BCUT2D eigenvalue weighted by molar-refractivity contribution is 0.161. The van der Waals surface area contributed by atoms with Crippen LogP contribution in [-0.4, -0.2) is 160 Å². The third kappa shape index (κ3) is 26.8. The number of nitrogens with one attached hydrogen (secondary N) is 5. The van der Waals surface area contributed by atoms with Crippen LogP contribution in [0.3, 0.4) is 0 Å². The standard InChI is InChI=1S/C21H24N6.C17H18FN5.C17H23N5.2C16H21N5O.10H2S/c1-21(2,13-22)15-5-3-14(4-6-15)18-12-20(25-17-8-7-16(23)11-17)27-19(26-18)9-10-24-27;18-12-3-1-2-11(8-12)15-10-17(21-14-5-4-13(19)9-14)23-16(22-15)6-7-20-23;18-13-6-7-14(10-13)20-17-11-15(12-4-2-1-3-5-12)21-16-8-9-19-22(16)17;17-12-1-2-13(9-12)19-16-10-14(11-4-7-22-8-5-11)20-15-3-6-18-21(15)16;17-12-3-4-13(8-12)19-16-9-14(11-2-1-7-22-10-11)20-15-5-6-18-21(15)16;;;;;;;;;;/h3-6,9-10,12,16-17,25H,7-8,11,23H2,1-2H3;1-3,6-8,10,13-14,21H,4-5,9,19H2;4,8-9,11,13-14,20H,1-3,5-7,10,18H2;3-4,6,10,12-13,19H,1-2,5,7-9,17H2;2,5-6,9,12-13,19H,1,3-4,7-8,10,17H2;10*1H2/t16-,17-;2*13-,14-;2*12-,13-;;;;;;;;;;/m00000........../s1. The first-order valence-corrected chi connectivity index (χ1v) is 41.4. The molecule has 0 unspecified atom stereocenters. The summed E-state index contributed by atoms with van der Waals surface area (Å²) in [6, 6.07) is 40.2. The third-order valence-corrected chi connectivity index (χ3v) is 23.4. The van der Waals surface area contributed by atoms with Gasteiger partial charge in [0.2, 0.25) is 0 Å². The Hall–Kier alpha value is -7.60. The molecule has 8 aliphatic rings. The molecule has 0 amide bonds. The molecular formula is C87H127FN26O2S10. The second kappa shape index (κ2) is 50.0. The van der Waals surface area contributed by atoms with Gasteiger partial charge < -0.3 is 64.7 Å². The summed E-state index contributed by atoms with van der Waals surface area (Å²) >= 11 is 0. The second-order valence-electron chi connectivity index (χ2n) is 32.6. The lowest BCUT2D eigenvalue weighted by Crippen LogP contribution is -2.22. The summed E-state index contributed by atoms with van der Waals surface area (Å²) in [7, 11) is 0. The van der Waals surface area contributed by atoms with E-state index in [2.05, 4.69) is 99.6 Å². The van der Waals surface area contributed by atoms with Gasteiger partial charge in [-0.05, 0) is 183 Å². The van der Waals surface area contributed by atoms with Crippen LogP contribution in [-0.2, 0) is 14.9 Å². The second-order valence-corrected chi connectivity index (χ2v) is 32.6. The molecule has 5 fully saturated rings. The summed E-state index contributed by atoms with van der Waals surface area (Å²) in [5.74, 6) is 4.54. The van der Waals surface area contributed by atoms with Gasteiger partial charge in [0, 0.05) is 132 Å². The van der Waals surface area contributed by atoms with Crippen molar-refractivity contribution in [2.75, 3.05) is 53.0 Å². The molecule has 2 aromatic carbocycles. The smallest absolute Gasteiger partial charge is 0.157 e. The molecule has 0 spiro atoms. The van der Waals surface area contributed by atoms with Gasteiger partial charge in [-0.25, -0.2) is 29.3 Å². The predicted octanol–water partition coefficient (Wildman–Crippen LogP) is 14.1. The van der Waals surface area contributed by atoms with Gasteiger partial charge in [0.15, 0.2) is 28.2 Å². The van der Waals surface area contributed by atoms with Gasteiger partial charge in [-0.3, -0.25) is 0 Å². The van der Waals surface area contributed by atoms with Crippen molar-refractivity contribution < 1.29 is 13.9 Å². The summed E-state index contributed by atoms with van der Waals surface area (Å²) in [6.45, 7) is 6.70. The van der Waals surface area contributed by atoms with Crippen molar-refractivity contribution in [1.82, 2.24) is 73.0 Å². The Kier molecular flexibility index (Phi) is 42.5. The number of allylic oxidation sites excluding steroid dienone is 2. The van der Waals surface area contributed by atoms with E-state index in [1.165, 1.54) is 42.5 Å². The monoisotopic (exact) mass is 1910 g/mol. The number of rotatable bonds is 16. The number of nitrogens with two attached hydrogens (primary N) is 5. The molecule has 20 rings (SSSR count). The fraction of sp³-hybridized carbons (Fsp3) is 0.437. The molecule has 6 aliphatic carbocycles. The zero-order valence-electron chi connectivity index (χ0n) is 71.2. The van der Waals surface area contributed by atoms with E-state index in [9.17, 15) is 9.65 Å². The molecule has 0 bridgehead atoms. The van der Waals surface area contributed by atoms with Crippen LogP contribution in [0.15, 0.2) is 158 Å². The van der Waals surface area contributed by atoms with Gasteiger partial charge in [-0.15, -0.1) is 0 Å². The molecule has 2 aliphatic heterocycles. The maximum Gasteiger partial charge on any atom is 0.157 e. The van der Waals surface area contributed by atoms with E-state index in [1.54, 1.807) is 35.4 Å². The number of fused-ring (bicyclic) bond motifs is 5. The third-order valence-electron chi connectivity index (χ3n) is 23.4. The van der Waals surface area contributed by atoms with E-state index in [1.807, 2.05) is 111 Å². The number of ether oxygens (including phenoxy) is 2. The first-order chi connectivity index (χ1) is 56.5. The molecule has 684 valence electrons. The molecule has 0 saturated heterocycles. The van der Waals surface area contributed by atoms with Gasteiger partial charge in [-0.2, -0.15) is 188 Å². The summed E-state index contributed by atoms with van der Waals surface area (Å²) in [6.07, 6.45) is 38.0. The Balaban J connectivity index is 0.000000239. The van der Waals surface area contributed by atoms with Crippen molar-refractivity contribution in [1.29, 1.82) is 5.26 Å². The maximum absolute atomic E-state index is 13.5. The summed E-state index contributed by atoms with van der Waals surface area (Å²) < 4.78 is 33.7. The van der Waals surface area contributed by atoms with Crippen molar-refractivity contribution in [3.05, 3.63) is 187 Å². The molecule has 15 N–H and O–H groups in total. The lowest BCUT2D eigenvalue weighted by Gasteiger charge is -2.18.